The smallest absolute Gasteiger partial charge is 0.325 e. The van der Waals surface area contributed by atoms with Crippen LogP contribution in [-0.4, -0.2) is 52.4 Å². The second-order valence-electron chi connectivity index (χ2n) is 8.80. The first-order chi connectivity index (χ1) is 17.4. The molecule has 3 atom stereocenters. The number of amides is 6. The molecule has 0 spiro atoms. The lowest BCUT2D eigenvalue weighted by molar-refractivity contribution is -0.125. The summed E-state index contributed by atoms with van der Waals surface area (Å²) in [6, 6.07) is -1.10. The molecule has 0 aromatic rings. The van der Waals surface area contributed by atoms with E-state index in [0.29, 0.717) is 37.1 Å². The third-order valence-corrected chi connectivity index (χ3v) is 7.13. The van der Waals surface area contributed by atoms with Gasteiger partial charge in [0.1, 0.15) is 11.3 Å². The van der Waals surface area contributed by atoms with Crippen molar-refractivity contribution in [3.8, 4) is 0 Å². The van der Waals surface area contributed by atoms with Crippen LogP contribution in [0.2, 0.25) is 0 Å². The number of carbonyl (C=O) groups is 4. The van der Waals surface area contributed by atoms with Crippen LogP contribution in [0.1, 0.15) is 39.0 Å². The van der Waals surface area contributed by atoms with Crippen LogP contribution < -0.4 is 21.8 Å². The molecule has 12 nitrogen and oxygen atoms in total. The molecule has 2 aliphatic carbocycles. The van der Waals surface area contributed by atoms with Crippen LogP contribution in [0.5, 0.6) is 0 Å². The van der Waals surface area contributed by atoms with Crippen molar-refractivity contribution in [2.45, 2.75) is 50.4 Å². The molecular weight excluding hydrogens is 484 g/mol. The van der Waals surface area contributed by atoms with Gasteiger partial charge in [-0.05, 0) is 44.3 Å². The lowest BCUT2D eigenvalue weighted by atomic mass is 9.91. The highest BCUT2D eigenvalue weighted by molar-refractivity contribution is 7.99. The van der Waals surface area contributed by atoms with E-state index in [0.717, 1.165) is 35.4 Å². The Morgan fingerprint density at radius 2 is 2.03 bits per heavy atom. The topological polar surface area (TPSA) is 171 Å². The summed E-state index contributed by atoms with van der Waals surface area (Å²) in [6.07, 6.45) is 12.5. The van der Waals surface area contributed by atoms with Gasteiger partial charge in [-0.2, -0.15) is 0 Å². The van der Waals surface area contributed by atoms with Gasteiger partial charge in [0.05, 0.1) is 11.8 Å². The fourth-order valence-electron chi connectivity index (χ4n) is 4.26. The van der Waals surface area contributed by atoms with Gasteiger partial charge < -0.3 is 21.8 Å². The van der Waals surface area contributed by atoms with Gasteiger partial charge in [0, 0.05) is 30.6 Å². The van der Waals surface area contributed by atoms with Crippen molar-refractivity contribution in [1.82, 2.24) is 20.9 Å². The zero-order valence-electron chi connectivity index (χ0n) is 19.8. The standard InChI is InChI=1S/C23H28N8O4S/c1-13-4-8-15(9-5-13)25-22(34)26-16-10-6-14(7-11-16)19-18(20(33)28-30-24)21(36-29-19)27-23(35)31-12-2-3-17(31)32/h4,6-8,10,16,18,21H,2-3,5,9,11-12H2,1H3,(H,27,35)(H2,24,28,33)(H2,25,26,34). The van der Waals surface area contributed by atoms with Crippen LogP contribution >= 0.6 is 11.9 Å². The largest absolute Gasteiger partial charge is 0.331 e. The Balaban J connectivity index is 1.38. The van der Waals surface area contributed by atoms with E-state index in [9.17, 15) is 19.2 Å². The van der Waals surface area contributed by atoms with E-state index < -0.39 is 23.2 Å². The van der Waals surface area contributed by atoms with E-state index in [1.807, 2.05) is 24.3 Å². The number of rotatable bonds is 5. The number of allylic oxidation sites excluding steroid dienone is 6. The number of nitrogens with zero attached hydrogens (tertiary/aromatic N) is 4. The van der Waals surface area contributed by atoms with Crippen LogP contribution in [0.25, 0.3) is 0 Å². The summed E-state index contributed by atoms with van der Waals surface area (Å²) in [4.78, 5) is 50.7. The van der Waals surface area contributed by atoms with Gasteiger partial charge in [0.25, 0.3) is 5.91 Å². The van der Waals surface area contributed by atoms with E-state index in [2.05, 4.69) is 37.6 Å². The van der Waals surface area contributed by atoms with Crippen molar-refractivity contribution < 1.29 is 19.2 Å². The molecule has 6 amide bonds. The van der Waals surface area contributed by atoms with Gasteiger partial charge in [0.2, 0.25) is 5.91 Å². The number of nitrogens with one attached hydrogen (secondary N) is 3. The molecule has 4 aliphatic rings. The first kappa shape index (κ1) is 25.4. The molecule has 2 aliphatic heterocycles. The Morgan fingerprint density at radius 3 is 2.67 bits per heavy atom. The van der Waals surface area contributed by atoms with Crippen molar-refractivity contribution in [1.29, 1.82) is 0 Å². The second-order valence-corrected chi connectivity index (χ2v) is 9.70. The van der Waals surface area contributed by atoms with Crippen molar-refractivity contribution >= 4 is 41.5 Å². The summed E-state index contributed by atoms with van der Waals surface area (Å²) in [7, 11) is 0. The zero-order chi connectivity index (χ0) is 25.7. The number of imide groups is 1. The van der Waals surface area contributed by atoms with Crippen molar-refractivity contribution in [2.75, 3.05) is 6.54 Å². The number of hydrogen-bond acceptors (Lipinski definition) is 7. The quantitative estimate of drug-likeness (QED) is 0.191. The zero-order valence-corrected chi connectivity index (χ0v) is 20.6. The van der Waals surface area contributed by atoms with Gasteiger partial charge in [0.15, 0.2) is 0 Å². The summed E-state index contributed by atoms with van der Waals surface area (Å²) in [5.41, 5.74) is 3.24. The van der Waals surface area contributed by atoms with Crippen LogP contribution in [0.4, 0.5) is 9.59 Å². The highest BCUT2D eigenvalue weighted by Crippen LogP contribution is 2.34. The predicted molar refractivity (Wildman–Crippen MR) is 134 cm³/mol. The van der Waals surface area contributed by atoms with Crippen LogP contribution in [0.15, 0.2) is 62.0 Å². The van der Waals surface area contributed by atoms with Crippen LogP contribution in [0.3, 0.4) is 0 Å². The number of carbonyl (C=O) groups excluding carboxylic acids is 4. The maximum atomic E-state index is 12.7. The summed E-state index contributed by atoms with van der Waals surface area (Å²) in [6.45, 7) is 2.39. The molecule has 13 heteroatoms. The SMILES string of the molecule is CC1=CC=C(NC(=O)NC2C=CC(C3=NSC(NC(=O)N4CCCC4=O)C3C(=O)N=NN)=CC2)CC1. The lowest BCUT2D eigenvalue weighted by Gasteiger charge is -2.23. The van der Waals surface area contributed by atoms with Gasteiger partial charge >= 0.3 is 12.1 Å². The summed E-state index contributed by atoms with van der Waals surface area (Å²) >= 11 is 1.02. The Bertz CT molecular complexity index is 1140. The van der Waals surface area contributed by atoms with E-state index in [1.165, 1.54) is 5.57 Å². The predicted octanol–water partition coefficient (Wildman–Crippen LogP) is 2.39. The molecule has 36 heavy (non-hydrogen) atoms. The van der Waals surface area contributed by atoms with E-state index >= 15 is 0 Å². The van der Waals surface area contributed by atoms with Gasteiger partial charge in [-0.15, -0.1) is 0 Å². The molecular formula is C23H28N8O4S. The molecule has 3 unspecified atom stereocenters. The van der Waals surface area contributed by atoms with E-state index in [1.54, 1.807) is 6.08 Å². The molecule has 5 N–H and O–H groups in total. The minimum atomic E-state index is -0.928. The second kappa shape index (κ2) is 11.3. The highest BCUT2D eigenvalue weighted by Gasteiger charge is 2.42. The maximum Gasteiger partial charge on any atom is 0.325 e. The lowest BCUT2D eigenvalue weighted by Crippen LogP contribution is -2.48. The highest BCUT2D eigenvalue weighted by atomic mass is 32.2. The molecule has 0 saturated carbocycles. The number of likely N-dealkylation sites (tertiary alicyclic amines) is 1. The fraction of sp³-hybridized carbons (Fsp3) is 0.435. The Kier molecular flexibility index (Phi) is 7.98. The molecule has 4 rings (SSSR count). The third kappa shape index (κ3) is 5.90. The van der Waals surface area contributed by atoms with E-state index in [-0.39, 0.29) is 18.0 Å². The molecule has 0 bridgehead atoms. The van der Waals surface area contributed by atoms with Gasteiger partial charge in [-0.3, -0.25) is 14.5 Å². The molecule has 0 aromatic heterocycles. The van der Waals surface area contributed by atoms with Crippen molar-refractivity contribution in [3.63, 3.8) is 0 Å². The molecule has 1 fully saturated rings. The van der Waals surface area contributed by atoms with Crippen LogP contribution in [0, 0.1) is 5.92 Å². The fourth-order valence-corrected chi connectivity index (χ4v) is 5.22. The normalized spacial score (nSPS) is 25.8. The monoisotopic (exact) mass is 512 g/mol. The summed E-state index contributed by atoms with van der Waals surface area (Å²) in [5, 5.41) is 14.3. The minimum Gasteiger partial charge on any atom is -0.331 e. The van der Waals surface area contributed by atoms with Crippen molar-refractivity contribution in [3.05, 3.63) is 47.2 Å². The van der Waals surface area contributed by atoms with E-state index in [4.69, 9.17) is 5.84 Å². The molecule has 1 saturated heterocycles. The maximum absolute atomic E-state index is 12.7. The first-order valence-electron chi connectivity index (χ1n) is 11.7. The van der Waals surface area contributed by atoms with Gasteiger partial charge in [-0.1, -0.05) is 40.2 Å². The third-order valence-electron chi connectivity index (χ3n) is 6.21. The first-order valence-corrected chi connectivity index (χ1v) is 12.5. The van der Waals surface area contributed by atoms with Crippen molar-refractivity contribution in [2.24, 2.45) is 26.5 Å². The number of nitrogens with two attached hydrogens (primary N) is 1. The molecule has 2 heterocycles. The average molecular weight is 513 g/mol. The molecule has 190 valence electrons. The van der Waals surface area contributed by atoms with Gasteiger partial charge in [-0.25, -0.2) is 14.0 Å². The van der Waals surface area contributed by atoms with Crippen LogP contribution in [-0.2, 0) is 9.59 Å². The number of urea groups is 2. The summed E-state index contributed by atoms with van der Waals surface area (Å²) in [5.74, 6) is 3.25. The summed E-state index contributed by atoms with van der Waals surface area (Å²) < 4.78 is 4.41. The molecule has 0 aromatic carbocycles. The number of hydrogen-bond donors (Lipinski definition) is 4. The Labute approximate surface area is 212 Å². The Hall–Kier alpha value is -3.74. The molecule has 0 radical (unpaired) electrons. The Morgan fingerprint density at radius 1 is 1.19 bits per heavy atom. The minimum absolute atomic E-state index is 0.237. The average Bonchev–Trinajstić information content (AvgIpc) is 3.47.